The molecule has 360 valence electrons. The standard InChI is InChI=1S/C46H30N10O13S3/c47-28-15-18-30(50-49-22-6-3-7-23(20-22)70(61,62)63)24-14-17-35(45(59)38(24)28)55-53-33-11-4-8-25-40(33)43(57)26-9-5-12-34(41(26)44(25)58)54-56-42-37(72(67,68)69)21-27-31(19-16-29(48)39(27)46(42)60)51-52-32-10-1-2-13-36(32)71(64,65)66/h1-21,59-60H,47-48H2,(H,61,62,63)(H,64,65,66)(H,67,68,69). The van der Waals surface area contributed by atoms with Crippen molar-refractivity contribution in [3.63, 3.8) is 0 Å². The van der Waals surface area contributed by atoms with Gasteiger partial charge in [-0.2, -0.15) is 30.4 Å². The second kappa shape index (κ2) is 18.0. The number of ketones is 2. The molecule has 1 aliphatic carbocycles. The number of phenolic OH excluding ortho intramolecular Hbond substituents is 2. The first-order valence-corrected chi connectivity index (χ1v) is 24.7. The largest absolute Gasteiger partial charge is 0.505 e. The number of nitrogens with two attached hydrogens (primary N) is 2. The zero-order valence-corrected chi connectivity index (χ0v) is 38.5. The molecule has 26 heteroatoms. The van der Waals surface area contributed by atoms with Crippen LogP contribution in [0.15, 0.2) is 183 Å². The van der Waals surface area contributed by atoms with Crippen LogP contribution in [0.3, 0.4) is 0 Å². The van der Waals surface area contributed by atoms with Crippen LogP contribution < -0.4 is 11.5 Å². The van der Waals surface area contributed by atoms with Gasteiger partial charge in [-0.1, -0.05) is 42.5 Å². The Labute approximate surface area is 405 Å². The third-order valence-corrected chi connectivity index (χ3v) is 13.6. The SMILES string of the molecule is Nc1ccc(N=Nc2cccc(S(=O)(=O)O)c2)c2ccc(N=Nc3cccc4c3C(=O)c3cccc(N=Nc5c(S(=O)(=O)O)cc6c(N=Nc7ccccc7S(=O)(=O)O)ccc(N)c6c5O)c3C4=O)c(O)c12. The van der Waals surface area contributed by atoms with Gasteiger partial charge in [0, 0.05) is 33.3 Å². The highest BCUT2D eigenvalue weighted by molar-refractivity contribution is 7.86. The van der Waals surface area contributed by atoms with Crippen LogP contribution in [0.5, 0.6) is 11.5 Å². The topological polar surface area (TPSA) is 389 Å². The number of hydrogen-bond acceptors (Lipinski definition) is 20. The second-order valence-electron chi connectivity index (χ2n) is 15.4. The molecule has 23 nitrogen and oxygen atoms in total. The maximum absolute atomic E-state index is 14.3. The van der Waals surface area contributed by atoms with Crippen molar-refractivity contribution in [3.05, 3.63) is 150 Å². The Kier molecular flexibility index (Phi) is 12.0. The van der Waals surface area contributed by atoms with Crippen LogP contribution >= 0.6 is 0 Å². The van der Waals surface area contributed by atoms with Crippen molar-refractivity contribution < 1.29 is 58.7 Å². The molecule has 0 bridgehead atoms. The van der Waals surface area contributed by atoms with Gasteiger partial charge >= 0.3 is 0 Å². The minimum Gasteiger partial charge on any atom is -0.505 e. The normalized spacial score (nSPS) is 13.3. The van der Waals surface area contributed by atoms with Crippen molar-refractivity contribution in [2.45, 2.75) is 14.7 Å². The minimum atomic E-state index is -5.25. The summed E-state index contributed by atoms with van der Waals surface area (Å²) in [6.07, 6.45) is 0. The summed E-state index contributed by atoms with van der Waals surface area (Å²) in [5.41, 5.74) is 10.2. The van der Waals surface area contributed by atoms with E-state index in [4.69, 9.17) is 11.5 Å². The summed E-state index contributed by atoms with van der Waals surface area (Å²) < 4.78 is 102. The number of rotatable bonds is 11. The van der Waals surface area contributed by atoms with Gasteiger partial charge in [-0.05, 0) is 84.9 Å². The Morgan fingerprint density at radius 1 is 0.403 bits per heavy atom. The second-order valence-corrected chi connectivity index (χ2v) is 19.6. The lowest BCUT2D eigenvalue weighted by atomic mass is 9.82. The Morgan fingerprint density at radius 2 is 0.889 bits per heavy atom. The minimum absolute atomic E-state index is 0.0799. The maximum Gasteiger partial charge on any atom is 0.296 e. The summed E-state index contributed by atoms with van der Waals surface area (Å²) in [5.74, 6) is -2.81. The molecule has 0 heterocycles. The Balaban J connectivity index is 1.05. The first-order valence-electron chi connectivity index (χ1n) is 20.4. The van der Waals surface area contributed by atoms with Gasteiger partial charge in [0.25, 0.3) is 30.4 Å². The van der Waals surface area contributed by atoms with Gasteiger partial charge in [-0.25, -0.2) is 0 Å². The fourth-order valence-electron chi connectivity index (χ4n) is 7.71. The van der Waals surface area contributed by atoms with E-state index >= 15 is 0 Å². The monoisotopic (exact) mass is 1030 g/mol. The van der Waals surface area contributed by atoms with Gasteiger partial charge < -0.3 is 21.7 Å². The number of azo groups is 4. The number of carbonyl (C=O) groups excluding carboxylic acids is 2. The van der Waals surface area contributed by atoms with Crippen molar-refractivity contribution in [3.8, 4) is 11.5 Å². The fraction of sp³-hybridized carbons (Fsp3) is 0. The number of nitrogen functional groups attached to an aromatic ring is 2. The lowest BCUT2D eigenvalue weighted by Gasteiger charge is -2.19. The van der Waals surface area contributed by atoms with Crippen LogP contribution in [-0.2, 0) is 30.4 Å². The zero-order valence-electron chi connectivity index (χ0n) is 36.1. The lowest BCUT2D eigenvalue weighted by Crippen LogP contribution is -2.21. The highest BCUT2D eigenvalue weighted by Gasteiger charge is 2.34. The van der Waals surface area contributed by atoms with E-state index in [0.717, 1.165) is 18.2 Å². The number of benzene rings is 8. The number of hydrogen-bond donors (Lipinski definition) is 7. The Hall–Kier alpha value is -9.05. The summed E-state index contributed by atoms with van der Waals surface area (Å²) in [5, 5.41) is 55.4. The van der Waals surface area contributed by atoms with Crippen LogP contribution in [-0.4, -0.2) is 60.7 Å². The molecule has 0 spiro atoms. The molecule has 9 rings (SSSR count). The highest BCUT2D eigenvalue weighted by atomic mass is 32.2. The molecular weight excluding hydrogens is 997 g/mol. The number of aromatic hydroxyl groups is 2. The number of fused-ring (bicyclic) bond motifs is 4. The summed E-state index contributed by atoms with van der Waals surface area (Å²) in [6.45, 7) is 0. The smallest absolute Gasteiger partial charge is 0.296 e. The summed E-state index contributed by atoms with van der Waals surface area (Å²) in [4.78, 5) is 26.5. The Bertz CT molecular complexity index is 4180. The van der Waals surface area contributed by atoms with Crippen LogP contribution in [0.1, 0.15) is 31.8 Å². The van der Waals surface area contributed by atoms with Crippen molar-refractivity contribution in [1.82, 2.24) is 0 Å². The molecule has 0 aromatic heterocycles. The van der Waals surface area contributed by atoms with E-state index in [1.807, 2.05) is 0 Å². The number of nitrogens with zero attached hydrogens (tertiary/aromatic N) is 8. The third kappa shape index (κ3) is 8.89. The Morgan fingerprint density at radius 3 is 1.50 bits per heavy atom. The van der Waals surface area contributed by atoms with Crippen molar-refractivity contribution in [2.24, 2.45) is 40.9 Å². The molecule has 0 radical (unpaired) electrons. The van der Waals surface area contributed by atoms with E-state index in [2.05, 4.69) is 40.9 Å². The summed E-state index contributed by atoms with van der Waals surface area (Å²) in [7, 11) is -14.5. The third-order valence-electron chi connectivity index (χ3n) is 11.0. The fourth-order valence-corrected chi connectivity index (χ4v) is 9.51. The van der Waals surface area contributed by atoms with Crippen molar-refractivity contribution in [2.75, 3.05) is 11.5 Å². The van der Waals surface area contributed by atoms with E-state index in [1.54, 1.807) is 0 Å². The average molecular weight is 1030 g/mol. The number of anilines is 2. The molecular formula is C46H30N10O13S3. The zero-order chi connectivity index (χ0) is 51.4. The van der Waals surface area contributed by atoms with Crippen LogP contribution in [0.2, 0.25) is 0 Å². The van der Waals surface area contributed by atoms with Crippen LogP contribution in [0.25, 0.3) is 21.5 Å². The molecule has 1 aliphatic rings. The molecule has 0 amide bonds. The summed E-state index contributed by atoms with van der Waals surface area (Å²) in [6, 6.07) is 27.5. The molecule has 8 aromatic carbocycles. The van der Waals surface area contributed by atoms with Gasteiger partial charge in [-0.15, -0.1) is 35.8 Å². The van der Waals surface area contributed by atoms with E-state index in [-0.39, 0.29) is 89.6 Å². The summed E-state index contributed by atoms with van der Waals surface area (Å²) >= 11 is 0. The van der Waals surface area contributed by atoms with E-state index in [0.29, 0.717) is 5.39 Å². The molecule has 0 saturated carbocycles. The van der Waals surface area contributed by atoms with E-state index in [9.17, 15) is 58.7 Å². The molecule has 0 unspecified atom stereocenters. The van der Waals surface area contributed by atoms with Crippen LogP contribution in [0, 0.1) is 0 Å². The first kappa shape index (κ1) is 48.0. The van der Waals surface area contributed by atoms with Gasteiger partial charge in [0.15, 0.2) is 23.1 Å². The van der Waals surface area contributed by atoms with E-state index < -0.39 is 73.8 Å². The van der Waals surface area contributed by atoms with Crippen LogP contribution in [0.4, 0.5) is 56.9 Å². The molecule has 0 saturated heterocycles. The molecule has 72 heavy (non-hydrogen) atoms. The predicted octanol–water partition coefficient (Wildman–Crippen LogP) is 10.7. The van der Waals surface area contributed by atoms with Gasteiger partial charge in [0.1, 0.15) is 26.9 Å². The highest BCUT2D eigenvalue weighted by Crippen LogP contribution is 2.48. The maximum atomic E-state index is 14.3. The van der Waals surface area contributed by atoms with Gasteiger partial charge in [-0.3, -0.25) is 23.2 Å². The molecule has 0 fully saturated rings. The molecule has 9 N–H and O–H groups in total. The van der Waals surface area contributed by atoms with Gasteiger partial charge in [0.05, 0.1) is 55.2 Å². The average Bonchev–Trinajstić information content (AvgIpc) is 3.33. The lowest BCUT2D eigenvalue weighted by molar-refractivity contribution is 0.0980. The van der Waals surface area contributed by atoms with E-state index in [1.165, 1.54) is 109 Å². The van der Waals surface area contributed by atoms with Crippen molar-refractivity contribution in [1.29, 1.82) is 0 Å². The molecule has 8 aromatic rings. The first-order chi connectivity index (χ1) is 34.1. The quantitative estimate of drug-likeness (QED) is 0.0360. The van der Waals surface area contributed by atoms with Gasteiger partial charge in [0.2, 0.25) is 0 Å². The number of carbonyl (C=O) groups is 2. The number of phenols is 2. The molecule has 0 aliphatic heterocycles. The predicted molar refractivity (Wildman–Crippen MR) is 259 cm³/mol. The molecule has 0 atom stereocenters. The van der Waals surface area contributed by atoms with Crippen molar-refractivity contribution >= 4 is 120 Å².